The second-order valence-electron chi connectivity index (χ2n) is 5.76. The number of nitrogens with zero attached hydrogens (tertiary/aromatic N) is 1. The second-order valence-corrected chi connectivity index (χ2v) is 5.76. The van der Waals surface area contributed by atoms with E-state index in [0.29, 0.717) is 10.6 Å². The normalized spacial score (nSPS) is 12.0. The van der Waals surface area contributed by atoms with Crippen molar-refractivity contribution in [3.05, 3.63) is 65.6 Å². The molecule has 3 N–H and O–H groups in total. The zero-order chi connectivity index (χ0) is 21.8. The summed E-state index contributed by atoms with van der Waals surface area (Å²) in [6.45, 7) is 0. The topological polar surface area (TPSA) is 99.1 Å². The maximum atomic E-state index is 13.1. The lowest BCUT2D eigenvalue weighted by molar-refractivity contribution is -0.128. The molecule has 29 heavy (non-hydrogen) atoms. The predicted octanol–water partition coefficient (Wildman–Crippen LogP) is 3.44. The Balaban J connectivity index is 2.43. The highest BCUT2D eigenvalue weighted by Crippen LogP contribution is 2.29. The third-order valence-corrected chi connectivity index (χ3v) is 3.84. The van der Waals surface area contributed by atoms with E-state index in [2.05, 4.69) is 0 Å². The number of benzene rings is 2. The molecule has 2 rings (SSSR count). The van der Waals surface area contributed by atoms with Gasteiger partial charge in [-0.3, -0.25) is 9.59 Å². The van der Waals surface area contributed by atoms with Gasteiger partial charge in [0.05, 0.1) is 12.8 Å². The number of hydrogen-bond donors (Lipinski definition) is 3. The molecule has 0 bridgehead atoms. The molecule has 0 aliphatic heterocycles. The number of hydrogen-bond acceptors (Lipinski definition) is 5. The van der Waals surface area contributed by atoms with Gasteiger partial charge in [0.1, 0.15) is 11.5 Å². The number of likely N-dealkylation sites (N-methyl/N-ethyl adjacent to an activating group) is 1. The van der Waals surface area contributed by atoms with E-state index in [-0.39, 0.29) is 11.3 Å². The van der Waals surface area contributed by atoms with Crippen LogP contribution in [0.15, 0.2) is 60.0 Å². The molecule has 0 radical (unpaired) electrons. The summed E-state index contributed by atoms with van der Waals surface area (Å²) in [6, 6.07) is 10.7. The summed E-state index contributed by atoms with van der Waals surface area (Å²) in [4.78, 5) is 25.4. The Bertz CT molecular complexity index is 940. The van der Waals surface area contributed by atoms with Crippen LogP contribution in [0.5, 0.6) is 11.5 Å². The van der Waals surface area contributed by atoms with Crippen LogP contribution in [-0.4, -0.2) is 47.3 Å². The van der Waals surface area contributed by atoms with Gasteiger partial charge >= 0.3 is 6.18 Å². The average molecular weight is 410 g/mol. The first-order valence-electron chi connectivity index (χ1n) is 8.08. The van der Waals surface area contributed by atoms with E-state index in [1.165, 1.54) is 55.6 Å². The number of phenols is 1. The number of phenolic OH excluding ortho intramolecular Hbond substituents is 1. The van der Waals surface area contributed by atoms with E-state index >= 15 is 0 Å². The minimum Gasteiger partial charge on any atom is -0.506 e. The molecule has 7 nitrogen and oxygen atoms in total. The molecule has 2 aromatic rings. The number of alkyl halides is 3. The van der Waals surface area contributed by atoms with E-state index in [4.69, 9.17) is 4.74 Å². The maximum absolute atomic E-state index is 13.1. The summed E-state index contributed by atoms with van der Waals surface area (Å²) in [5.41, 5.74) is -1.58. The third kappa shape index (κ3) is 4.98. The van der Waals surface area contributed by atoms with Crippen molar-refractivity contribution in [1.82, 2.24) is 4.90 Å². The minimum atomic E-state index is -5.29. The van der Waals surface area contributed by atoms with E-state index in [1.807, 2.05) is 5.32 Å². The van der Waals surface area contributed by atoms with Crippen LogP contribution in [-0.2, 0) is 4.79 Å². The highest BCUT2D eigenvalue weighted by molar-refractivity contribution is 6.08. The van der Waals surface area contributed by atoms with Crippen LogP contribution >= 0.6 is 0 Å². The van der Waals surface area contributed by atoms with Crippen molar-refractivity contribution in [2.24, 2.45) is 0 Å². The van der Waals surface area contributed by atoms with Gasteiger partial charge < -0.3 is 25.2 Å². The monoisotopic (exact) mass is 410 g/mol. The van der Waals surface area contributed by atoms with Gasteiger partial charge in [0.25, 0.3) is 11.8 Å². The molecule has 2 aromatic carbocycles. The number of rotatable bonds is 5. The van der Waals surface area contributed by atoms with E-state index in [1.54, 1.807) is 0 Å². The third-order valence-electron chi connectivity index (χ3n) is 3.84. The number of anilines is 1. The minimum absolute atomic E-state index is 0.0452. The largest absolute Gasteiger partial charge is 0.506 e. The first-order chi connectivity index (χ1) is 13.6. The Kier molecular flexibility index (Phi) is 6.37. The Morgan fingerprint density at radius 3 is 2.17 bits per heavy atom. The van der Waals surface area contributed by atoms with Crippen LogP contribution in [0.1, 0.15) is 10.4 Å². The molecule has 0 saturated heterocycles. The number of nitrogens with one attached hydrogen (secondary N) is 1. The Morgan fingerprint density at radius 2 is 1.66 bits per heavy atom. The highest BCUT2D eigenvalue weighted by Gasteiger charge is 2.41. The summed E-state index contributed by atoms with van der Waals surface area (Å²) >= 11 is 0. The van der Waals surface area contributed by atoms with Crippen LogP contribution in [0.4, 0.5) is 18.9 Å². The second kappa shape index (κ2) is 8.55. The van der Waals surface area contributed by atoms with Gasteiger partial charge in [0.15, 0.2) is 5.70 Å². The van der Waals surface area contributed by atoms with Gasteiger partial charge in [-0.1, -0.05) is 12.1 Å². The zero-order valence-electron chi connectivity index (χ0n) is 15.3. The number of aromatic hydroxyl groups is 1. The molecule has 0 unspecified atom stereocenters. The molecule has 0 heterocycles. The number of allylic oxidation sites excluding steroid dienone is 1. The van der Waals surface area contributed by atoms with Gasteiger partial charge in [-0.2, -0.15) is 13.2 Å². The number of aliphatic hydroxyl groups excluding tert-OH is 1. The number of aliphatic hydroxyl groups is 1. The number of amides is 2. The van der Waals surface area contributed by atoms with E-state index in [9.17, 15) is 33.0 Å². The fraction of sp³-hybridized carbons (Fsp3) is 0.158. The molecule has 2 amide bonds. The lowest BCUT2D eigenvalue weighted by atomic mass is 10.1. The van der Waals surface area contributed by atoms with Crippen molar-refractivity contribution in [1.29, 1.82) is 0 Å². The van der Waals surface area contributed by atoms with Crippen molar-refractivity contribution in [2.45, 2.75) is 6.18 Å². The standard InChI is InChI=1S/C19H17F3N2O5/c1-24(18(28)11-7-9-12(29-2)10-8-11)15(16(26)19(20,21)22)17(27)23-13-5-3-4-6-14(13)25/h3-10,25-26H,1-2H3,(H,23,27)/b16-15+. The number of carbonyl (C=O) groups excluding carboxylic acids is 2. The SMILES string of the molecule is COc1ccc(C(=O)N(C)/C(C(=O)Nc2ccccc2O)=C(/O)C(F)(F)F)cc1. The van der Waals surface area contributed by atoms with Crippen LogP contribution in [0.25, 0.3) is 0 Å². The van der Waals surface area contributed by atoms with Crippen molar-refractivity contribution < 1.29 is 37.7 Å². The molecule has 0 atom stereocenters. The lowest BCUT2D eigenvalue weighted by Gasteiger charge is -2.22. The number of ether oxygens (including phenoxy) is 1. The van der Waals surface area contributed by atoms with E-state index < -0.39 is 35.2 Å². The number of methoxy groups -OCH3 is 1. The summed E-state index contributed by atoms with van der Waals surface area (Å²) in [5, 5.41) is 21.4. The Morgan fingerprint density at radius 1 is 1.07 bits per heavy atom. The van der Waals surface area contributed by atoms with Crippen LogP contribution in [0.3, 0.4) is 0 Å². The average Bonchev–Trinajstić information content (AvgIpc) is 2.68. The Labute approximate surface area is 163 Å². The first kappa shape index (κ1) is 21.6. The summed E-state index contributed by atoms with van der Waals surface area (Å²) in [5.74, 6) is -4.67. The maximum Gasteiger partial charge on any atom is 0.451 e. The molecule has 0 spiro atoms. The number of carbonyl (C=O) groups is 2. The number of halogens is 3. The van der Waals surface area contributed by atoms with Gasteiger partial charge in [-0.15, -0.1) is 0 Å². The molecule has 0 fully saturated rings. The van der Waals surface area contributed by atoms with Gasteiger partial charge in [-0.05, 0) is 36.4 Å². The van der Waals surface area contributed by atoms with Crippen LogP contribution < -0.4 is 10.1 Å². The fourth-order valence-corrected chi connectivity index (χ4v) is 2.34. The van der Waals surface area contributed by atoms with Gasteiger partial charge in [-0.25, -0.2) is 0 Å². The molecule has 0 aliphatic carbocycles. The predicted molar refractivity (Wildman–Crippen MR) is 97.5 cm³/mol. The fourth-order valence-electron chi connectivity index (χ4n) is 2.34. The van der Waals surface area contributed by atoms with Crippen molar-refractivity contribution in [3.8, 4) is 11.5 Å². The van der Waals surface area contributed by atoms with E-state index in [0.717, 1.165) is 7.05 Å². The molecule has 154 valence electrons. The zero-order valence-corrected chi connectivity index (χ0v) is 15.3. The van der Waals surface area contributed by atoms with Crippen molar-refractivity contribution in [3.63, 3.8) is 0 Å². The molecule has 0 aliphatic rings. The molecular weight excluding hydrogens is 393 g/mol. The molecule has 0 saturated carbocycles. The smallest absolute Gasteiger partial charge is 0.451 e. The molecule has 0 aromatic heterocycles. The quantitative estimate of drug-likeness (QED) is 0.398. The van der Waals surface area contributed by atoms with Crippen LogP contribution in [0, 0.1) is 0 Å². The van der Waals surface area contributed by atoms with Gasteiger partial charge in [0.2, 0.25) is 5.76 Å². The summed E-state index contributed by atoms with van der Waals surface area (Å²) in [7, 11) is 2.31. The molecule has 10 heteroatoms. The summed E-state index contributed by atoms with van der Waals surface area (Å²) < 4.78 is 44.3. The summed E-state index contributed by atoms with van der Waals surface area (Å²) in [6.07, 6.45) is -5.29. The first-order valence-corrected chi connectivity index (χ1v) is 8.08. The van der Waals surface area contributed by atoms with Crippen LogP contribution in [0.2, 0.25) is 0 Å². The number of para-hydroxylation sites is 2. The van der Waals surface area contributed by atoms with Crippen molar-refractivity contribution in [2.75, 3.05) is 19.5 Å². The van der Waals surface area contributed by atoms with Crippen molar-refractivity contribution >= 4 is 17.5 Å². The van der Waals surface area contributed by atoms with Gasteiger partial charge in [0, 0.05) is 12.6 Å². The highest BCUT2D eigenvalue weighted by atomic mass is 19.4. The Hall–Kier alpha value is -3.69. The lowest BCUT2D eigenvalue weighted by Crippen LogP contribution is -2.36. The molecular formula is C19H17F3N2O5.